The molecular weight excluding hydrogens is 266 g/mol. The van der Waals surface area contributed by atoms with E-state index in [0.717, 1.165) is 19.0 Å². The summed E-state index contributed by atoms with van der Waals surface area (Å²) in [7, 11) is 0. The van der Waals surface area contributed by atoms with Crippen LogP contribution in [0.4, 0.5) is 0 Å². The fourth-order valence-electron chi connectivity index (χ4n) is 2.90. The summed E-state index contributed by atoms with van der Waals surface area (Å²) in [5.74, 6) is 0.773. The highest BCUT2D eigenvalue weighted by atomic mass is 14.8. The van der Waals surface area contributed by atoms with E-state index in [1.54, 1.807) is 0 Å². The third kappa shape index (κ3) is 5.65. The van der Waals surface area contributed by atoms with E-state index < -0.39 is 0 Å². The molecule has 2 rings (SSSR count). The molecule has 0 saturated heterocycles. The molecule has 118 valence electrons. The Balaban J connectivity index is 1.88. The van der Waals surface area contributed by atoms with Crippen molar-refractivity contribution in [1.82, 2.24) is 5.32 Å². The predicted molar refractivity (Wildman–Crippen MR) is 95.8 cm³/mol. The Labute approximate surface area is 135 Å². The number of hydrogen-bond acceptors (Lipinski definition) is 1. The number of benzene rings is 2. The molecule has 1 nitrogen and oxygen atoms in total. The van der Waals surface area contributed by atoms with Crippen LogP contribution in [0.2, 0.25) is 0 Å². The lowest BCUT2D eigenvalue weighted by atomic mass is 9.93. The lowest BCUT2D eigenvalue weighted by molar-refractivity contribution is 0.501. The van der Waals surface area contributed by atoms with E-state index in [9.17, 15) is 0 Å². The standard InChI is InChI=1S/C21H29N/c1-3-4-10-18(2)15-20-13-8-9-14-21(20)17-22-16-19-11-6-5-7-12-19/h5-9,11-14,18,22H,3-4,10,15-17H2,1-2H3/t18-/m0/s1. The quantitative estimate of drug-likeness (QED) is 0.658. The van der Waals surface area contributed by atoms with Crippen molar-refractivity contribution in [2.45, 2.75) is 52.6 Å². The molecule has 0 aliphatic rings. The molecule has 0 aliphatic carbocycles. The molecule has 1 heteroatoms. The van der Waals surface area contributed by atoms with Crippen LogP contribution in [0.15, 0.2) is 54.6 Å². The molecule has 0 aromatic heterocycles. The van der Waals surface area contributed by atoms with Crippen LogP contribution in [-0.2, 0) is 19.5 Å². The third-order valence-corrected chi connectivity index (χ3v) is 4.22. The molecule has 0 radical (unpaired) electrons. The van der Waals surface area contributed by atoms with Gasteiger partial charge in [-0.05, 0) is 29.0 Å². The Kier molecular flexibility index (Phi) is 7.18. The van der Waals surface area contributed by atoms with Crippen LogP contribution in [0.5, 0.6) is 0 Å². The highest BCUT2D eigenvalue weighted by Gasteiger charge is 2.07. The first-order valence-electron chi connectivity index (χ1n) is 8.61. The van der Waals surface area contributed by atoms with Gasteiger partial charge in [-0.2, -0.15) is 0 Å². The van der Waals surface area contributed by atoms with E-state index in [2.05, 4.69) is 73.8 Å². The summed E-state index contributed by atoms with van der Waals surface area (Å²) in [5, 5.41) is 3.57. The minimum absolute atomic E-state index is 0.773. The Morgan fingerprint density at radius 1 is 0.864 bits per heavy atom. The van der Waals surface area contributed by atoms with Gasteiger partial charge >= 0.3 is 0 Å². The summed E-state index contributed by atoms with van der Waals surface area (Å²) in [6, 6.07) is 19.5. The van der Waals surface area contributed by atoms with E-state index >= 15 is 0 Å². The minimum Gasteiger partial charge on any atom is -0.309 e. The molecule has 0 unspecified atom stereocenters. The van der Waals surface area contributed by atoms with Gasteiger partial charge in [0.05, 0.1) is 0 Å². The SMILES string of the molecule is CCCC[C@H](C)Cc1ccccc1CNCc1ccccc1. The van der Waals surface area contributed by atoms with E-state index in [1.807, 2.05) is 0 Å². The summed E-state index contributed by atoms with van der Waals surface area (Å²) in [5.41, 5.74) is 4.30. The van der Waals surface area contributed by atoms with Gasteiger partial charge < -0.3 is 5.32 Å². The smallest absolute Gasteiger partial charge is 0.0211 e. The van der Waals surface area contributed by atoms with Gasteiger partial charge in [0, 0.05) is 13.1 Å². The molecule has 1 atom stereocenters. The van der Waals surface area contributed by atoms with Crippen LogP contribution in [0.1, 0.15) is 49.8 Å². The topological polar surface area (TPSA) is 12.0 Å². The Bertz CT molecular complexity index is 533. The van der Waals surface area contributed by atoms with Crippen molar-refractivity contribution in [2.75, 3.05) is 0 Å². The largest absolute Gasteiger partial charge is 0.309 e. The lowest BCUT2D eigenvalue weighted by Crippen LogP contribution is -2.14. The molecule has 22 heavy (non-hydrogen) atoms. The zero-order valence-electron chi connectivity index (χ0n) is 14.0. The highest BCUT2D eigenvalue weighted by molar-refractivity contribution is 5.27. The first kappa shape index (κ1) is 16.8. The van der Waals surface area contributed by atoms with Crippen LogP contribution in [-0.4, -0.2) is 0 Å². The number of rotatable bonds is 9. The zero-order chi connectivity index (χ0) is 15.6. The van der Waals surface area contributed by atoms with Crippen LogP contribution >= 0.6 is 0 Å². The van der Waals surface area contributed by atoms with Gasteiger partial charge in [0.15, 0.2) is 0 Å². The Morgan fingerprint density at radius 3 is 2.27 bits per heavy atom. The van der Waals surface area contributed by atoms with E-state index in [0.29, 0.717) is 0 Å². The fourth-order valence-corrected chi connectivity index (χ4v) is 2.90. The maximum absolute atomic E-state index is 3.57. The van der Waals surface area contributed by atoms with Crippen molar-refractivity contribution in [3.63, 3.8) is 0 Å². The number of unbranched alkanes of at least 4 members (excludes halogenated alkanes) is 1. The molecule has 0 saturated carbocycles. The molecule has 0 amide bonds. The van der Waals surface area contributed by atoms with Crippen molar-refractivity contribution in [3.05, 3.63) is 71.3 Å². The molecule has 0 aliphatic heterocycles. The maximum atomic E-state index is 3.57. The predicted octanol–water partition coefficient (Wildman–Crippen LogP) is 5.35. The van der Waals surface area contributed by atoms with Gasteiger partial charge in [-0.25, -0.2) is 0 Å². The Morgan fingerprint density at radius 2 is 1.55 bits per heavy atom. The fraction of sp³-hybridized carbons (Fsp3) is 0.429. The average molecular weight is 295 g/mol. The normalized spacial score (nSPS) is 12.3. The van der Waals surface area contributed by atoms with Gasteiger partial charge in [0.2, 0.25) is 0 Å². The summed E-state index contributed by atoms with van der Waals surface area (Å²) in [6.45, 7) is 6.53. The van der Waals surface area contributed by atoms with Crippen LogP contribution in [0.25, 0.3) is 0 Å². The number of hydrogen-bond donors (Lipinski definition) is 1. The first-order chi connectivity index (χ1) is 10.8. The Hall–Kier alpha value is -1.60. The van der Waals surface area contributed by atoms with Gasteiger partial charge in [0.25, 0.3) is 0 Å². The van der Waals surface area contributed by atoms with E-state index in [4.69, 9.17) is 0 Å². The minimum atomic E-state index is 0.773. The molecule has 2 aromatic rings. The van der Waals surface area contributed by atoms with Crippen molar-refractivity contribution < 1.29 is 0 Å². The van der Waals surface area contributed by atoms with Gasteiger partial charge in [-0.3, -0.25) is 0 Å². The summed E-state index contributed by atoms with van der Waals surface area (Å²) < 4.78 is 0. The molecular formula is C21H29N. The summed E-state index contributed by atoms with van der Waals surface area (Å²) >= 11 is 0. The van der Waals surface area contributed by atoms with E-state index in [-0.39, 0.29) is 0 Å². The van der Waals surface area contributed by atoms with Crippen molar-refractivity contribution in [1.29, 1.82) is 0 Å². The van der Waals surface area contributed by atoms with Gasteiger partial charge in [0.1, 0.15) is 0 Å². The summed E-state index contributed by atoms with van der Waals surface area (Å²) in [4.78, 5) is 0. The monoisotopic (exact) mass is 295 g/mol. The highest BCUT2D eigenvalue weighted by Crippen LogP contribution is 2.18. The molecule has 2 aromatic carbocycles. The molecule has 0 spiro atoms. The molecule has 0 fully saturated rings. The summed E-state index contributed by atoms with van der Waals surface area (Å²) in [6.07, 6.45) is 5.17. The van der Waals surface area contributed by atoms with Gasteiger partial charge in [-0.1, -0.05) is 87.7 Å². The van der Waals surface area contributed by atoms with Crippen molar-refractivity contribution in [2.24, 2.45) is 5.92 Å². The third-order valence-electron chi connectivity index (χ3n) is 4.22. The second-order valence-electron chi connectivity index (χ2n) is 6.31. The second-order valence-corrected chi connectivity index (χ2v) is 6.31. The molecule has 1 N–H and O–H groups in total. The van der Waals surface area contributed by atoms with Crippen LogP contribution < -0.4 is 5.32 Å². The van der Waals surface area contributed by atoms with E-state index in [1.165, 1.54) is 42.4 Å². The van der Waals surface area contributed by atoms with Crippen LogP contribution in [0.3, 0.4) is 0 Å². The van der Waals surface area contributed by atoms with Crippen molar-refractivity contribution in [3.8, 4) is 0 Å². The zero-order valence-corrected chi connectivity index (χ0v) is 14.0. The lowest BCUT2D eigenvalue weighted by Gasteiger charge is -2.15. The number of nitrogens with one attached hydrogen (secondary N) is 1. The maximum Gasteiger partial charge on any atom is 0.0211 e. The van der Waals surface area contributed by atoms with Crippen molar-refractivity contribution >= 4 is 0 Å². The molecule has 0 bridgehead atoms. The first-order valence-corrected chi connectivity index (χ1v) is 8.61. The molecule has 0 heterocycles. The average Bonchev–Trinajstić information content (AvgIpc) is 2.55. The van der Waals surface area contributed by atoms with Gasteiger partial charge in [-0.15, -0.1) is 0 Å². The van der Waals surface area contributed by atoms with Crippen LogP contribution in [0, 0.1) is 5.92 Å². The second kappa shape index (κ2) is 9.42.